The zero-order valence-electron chi connectivity index (χ0n) is 15.8. The first-order valence-electron chi connectivity index (χ1n) is 9.31. The summed E-state index contributed by atoms with van der Waals surface area (Å²) in [5.41, 5.74) is 1.69. The standard InChI is InChI=1S/C20H27N3O3/c1-14(2)23-13-16(12-18(23)24)19(25)21-8-10-22(11-9-21)20(26)17-7-5-4-6-15(17)3/h4-7,14,16H,8-13H2,1-3H3. The molecule has 2 aliphatic rings. The minimum absolute atomic E-state index is 0.0252. The molecule has 2 aliphatic heterocycles. The Labute approximate surface area is 154 Å². The molecule has 6 heteroatoms. The lowest BCUT2D eigenvalue weighted by molar-refractivity contribution is -0.137. The molecule has 0 radical (unpaired) electrons. The lowest BCUT2D eigenvalue weighted by Gasteiger charge is -2.36. The molecule has 0 saturated carbocycles. The largest absolute Gasteiger partial charge is 0.339 e. The summed E-state index contributed by atoms with van der Waals surface area (Å²) >= 11 is 0. The second-order valence-electron chi connectivity index (χ2n) is 7.47. The smallest absolute Gasteiger partial charge is 0.254 e. The predicted octanol–water partition coefficient (Wildman–Crippen LogP) is 1.54. The lowest BCUT2D eigenvalue weighted by atomic mass is 10.1. The van der Waals surface area contributed by atoms with Crippen LogP contribution in [0.3, 0.4) is 0 Å². The number of amides is 3. The summed E-state index contributed by atoms with van der Waals surface area (Å²) in [6.07, 6.45) is 0.305. The van der Waals surface area contributed by atoms with Crippen LogP contribution in [0, 0.1) is 12.8 Å². The van der Waals surface area contributed by atoms with Crippen LogP contribution >= 0.6 is 0 Å². The Balaban J connectivity index is 1.57. The second-order valence-corrected chi connectivity index (χ2v) is 7.47. The summed E-state index contributed by atoms with van der Waals surface area (Å²) in [5.74, 6) is -0.114. The van der Waals surface area contributed by atoms with Gasteiger partial charge in [0, 0.05) is 50.7 Å². The van der Waals surface area contributed by atoms with Gasteiger partial charge in [0.05, 0.1) is 5.92 Å². The van der Waals surface area contributed by atoms with E-state index >= 15 is 0 Å². The highest BCUT2D eigenvalue weighted by Crippen LogP contribution is 2.23. The monoisotopic (exact) mass is 357 g/mol. The van der Waals surface area contributed by atoms with Gasteiger partial charge >= 0.3 is 0 Å². The number of rotatable bonds is 3. The maximum absolute atomic E-state index is 12.8. The molecule has 6 nitrogen and oxygen atoms in total. The van der Waals surface area contributed by atoms with Crippen molar-refractivity contribution in [1.82, 2.24) is 14.7 Å². The van der Waals surface area contributed by atoms with Gasteiger partial charge in [-0.05, 0) is 32.4 Å². The van der Waals surface area contributed by atoms with E-state index in [2.05, 4.69) is 0 Å². The third-order valence-corrected chi connectivity index (χ3v) is 5.39. The molecular formula is C20H27N3O3. The average molecular weight is 357 g/mol. The summed E-state index contributed by atoms with van der Waals surface area (Å²) < 4.78 is 0. The summed E-state index contributed by atoms with van der Waals surface area (Å²) in [4.78, 5) is 42.9. The summed E-state index contributed by atoms with van der Waals surface area (Å²) in [7, 11) is 0. The molecule has 0 bridgehead atoms. The number of benzene rings is 1. The molecule has 2 saturated heterocycles. The SMILES string of the molecule is Cc1ccccc1C(=O)N1CCN(C(=O)C2CC(=O)N(C(C)C)C2)CC1. The lowest BCUT2D eigenvalue weighted by Crippen LogP contribution is -2.52. The van der Waals surface area contributed by atoms with Crippen LogP contribution in [-0.2, 0) is 9.59 Å². The molecular weight excluding hydrogens is 330 g/mol. The number of carbonyl (C=O) groups excluding carboxylic acids is 3. The van der Waals surface area contributed by atoms with Crippen molar-refractivity contribution in [2.24, 2.45) is 5.92 Å². The number of piperazine rings is 1. The fourth-order valence-corrected chi connectivity index (χ4v) is 3.77. The minimum Gasteiger partial charge on any atom is -0.339 e. The fourth-order valence-electron chi connectivity index (χ4n) is 3.77. The predicted molar refractivity (Wildman–Crippen MR) is 98.6 cm³/mol. The highest BCUT2D eigenvalue weighted by molar-refractivity contribution is 5.96. The molecule has 2 heterocycles. The zero-order valence-corrected chi connectivity index (χ0v) is 15.8. The van der Waals surface area contributed by atoms with Crippen molar-refractivity contribution in [1.29, 1.82) is 0 Å². The van der Waals surface area contributed by atoms with Gasteiger partial charge in [-0.1, -0.05) is 18.2 Å². The molecule has 3 rings (SSSR count). The van der Waals surface area contributed by atoms with Gasteiger partial charge in [-0.2, -0.15) is 0 Å². The van der Waals surface area contributed by atoms with Crippen molar-refractivity contribution >= 4 is 17.7 Å². The highest BCUT2D eigenvalue weighted by Gasteiger charge is 2.38. The van der Waals surface area contributed by atoms with E-state index in [1.165, 1.54) is 0 Å². The summed E-state index contributed by atoms with van der Waals surface area (Å²) in [6.45, 7) is 8.52. The Morgan fingerprint density at radius 3 is 2.23 bits per heavy atom. The first-order chi connectivity index (χ1) is 12.4. The fraction of sp³-hybridized carbons (Fsp3) is 0.550. The van der Waals surface area contributed by atoms with Crippen LogP contribution in [0.4, 0.5) is 0 Å². The number of aryl methyl sites for hydroxylation is 1. The number of carbonyl (C=O) groups is 3. The van der Waals surface area contributed by atoms with Crippen molar-refractivity contribution in [3.05, 3.63) is 35.4 Å². The van der Waals surface area contributed by atoms with Gasteiger partial charge in [-0.15, -0.1) is 0 Å². The van der Waals surface area contributed by atoms with Crippen molar-refractivity contribution in [2.75, 3.05) is 32.7 Å². The third kappa shape index (κ3) is 3.59. The first-order valence-corrected chi connectivity index (χ1v) is 9.31. The van der Waals surface area contributed by atoms with Gasteiger partial charge in [0.1, 0.15) is 0 Å². The maximum Gasteiger partial charge on any atom is 0.254 e. The van der Waals surface area contributed by atoms with Crippen molar-refractivity contribution in [2.45, 2.75) is 33.2 Å². The minimum atomic E-state index is -0.247. The molecule has 0 N–H and O–H groups in total. The molecule has 0 spiro atoms. The second kappa shape index (κ2) is 7.48. The Morgan fingerprint density at radius 2 is 1.65 bits per heavy atom. The maximum atomic E-state index is 12.8. The molecule has 0 aliphatic carbocycles. The van der Waals surface area contributed by atoms with Crippen molar-refractivity contribution in [3.8, 4) is 0 Å². The molecule has 0 aromatic heterocycles. The van der Waals surface area contributed by atoms with E-state index in [1.54, 1.807) is 4.90 Å². The average Bonchev–Trinajstić information content (AvgIpc) is 3.03. The third-order valence-electron chi connectivity index (χ3n) is 5.39. The van der Waals surface area contributed by atoms with E-state index in [9.17, 15) is 14.4 Å². The molecule has 1 aromatic rings. The Morgan fingerprint density at radius 1 is 1.04 bits per heavy atom. The van der Waals surface area contributed by atoms with Gasteiger partial charge in [0.2, 0.25) is 11.8 Å². The molecule has 1 atom stereocenters. The highest BCUT2D eigenvalue weighted by atomic mass is 16.2. The van der Waals surface area contributed by atoms with E-state index in [1.807, 2.05) is 54.8 Å². The van der Waals surface area contributed by atoms with Crippen LogP contribution in [0.15, 0.2) is 24.3 Å². The van der Waals surface area contributed by atoms with Gasteiger partial charge in [-0.25, -0.2) is 0 Å². The van der Waals surface area contributed by atoms with Gasteiger partial charge in [0.15, 0.2) is 0 Å². The molecule has 2 fully saturated rings. The van der Waals surface area contributed by atoms with Crippen molar-refractivity contribution in [3.63, 3.8) is 0 Å². The van der Waals surface area contributed by atoms with E-state index in [0.29, 0.717) is 39.1 Å². The first kappa shape index (κ1) is 18.4. The summed E-state index contributed by atoms with van der Waals surface area (Å²) in [6, 6.07) is 7.71. The van der Waals surface area contributed by atoms with Crippen LogP contribution in [0.5, 0.6) is 0 Å². The van der Waals surface area contributed by atoms with Gasteiger partial charge in [-0.3, -0.25) is 14.4 Å². The Bertz CT molecular complexity index is 708. The molecule has 3 amide bonds. The van der Waals surface area contributed by atoms with Crippen LogP contribution in [0.25, 0.3) is 0 Å². The Hall–Kier alpha value is -2.37. The van der Waals surface area contributed by atoms with Crippen LogP contribution in [0.2, 0.25) is 0 Å². The van der Waals surface area contributed by atoms with E-state index in [4.69, 9.17) is 0 Å². The van der Waals surface area contributed by atoms with Crippen LogP contribution < -0.4 is 0 Å². The summed E-state index contributed by atoms with van der Waals surface area (Å²) in [5, 5.41) is 0. The van der Waals surface area contributed by atoms with Crippen molar-refractivity contribution < 1.29 is 14.4 Å². The molecule has 140 valence electrons. The molecule has 26 heavy (non-hydrogen) atoms. The topological polar surface area (TPSA) is 60.9 Å². The quantitative estimate of drug-likeness (QED) is 0.824. The van der Waals surface area contributed by atoms with Crippen LogP contribution in [0.1, 0.15) is 36.2 Å². The van der Waals surface area contributed by atoms with Gasteiger partial charge < -0.3 is 14.7 Å². The van der Waals surface area contributed by atoms with E-state index in [0.717, 1.165) is 11.1 Å². The Kier molecular flexibility index (Phi) is 5.30. The van der Waals surface area contributed by atoms with E-state index in [-0.39, 0.29) is 29.7 Å². The number of likely N-dealkylation sites (tertiary alicyclic amines) is 1. The van der Waals surface area contributed by atoms with E-state index < -0.39 is 0 Å². The zero-order chi connectivity index (χ0) is 18.8. The van der Waals surface area contributed by atoms with Gasteiger partial charge in [0.25, 0.3) is 5.91 Å². The number of nitrogens with zero attached hydrogens (tertiary/aromatic N) is 3. The number of hydrogen-bond acceptors (Lipinski definition) is 3. The molecule has 1 aromatic carbocycles. The van der Waals surface area contributed by atoms with Crippen LogP contribution in [-0.4, -0.2) is 71.2 Å². The number of hydrogen-bond donors (Lipinski definition) is 0. The normalized spacial score (nSPS) is 20.8. The molecule has 1 unspecified atom stereocenters.